The predicted octanol–water partition coefficient (Wildman–Crippen LogP) is 0.805. The molecular formula is C12H15BrN2O4S. The fourth-order valence-electron chi connectivity index (χ4n) is 2.16. The molecule has 0 radical (unpaired) electrons. The van der Waals surface area contributed by atoms with E-state index in [-0.39, 0.29) is 18.0 Å². The summed E-state index contributed by atoms with van der Waals surface area (Å²) in [5.74, 6) is -1.14. The molecule has 6 nitrogen and oxygen atoms in total. The van der Waals surface area contributed by atoms with Gasteiger partial charge in [0.1, 0.15) is 6.04 Å². The highest BCUT2D eigenvalue weighted by Gasteiger charge is 2.38. The van der Waals surface area contributed by atoms with Crippen molar-refractivity contribution >= 4 is 31.9 Å². The highest BCUT2D eigenvalue weighted by atomic mass is 79.9. The topological polar surface area (TPSA) is 86.7 Å². The van der Waals surface area contributed by atoms with Crippen LogP contribution >= 0.6 is 15.9 Å². The van der Waals surface area contributed by atoms with Crippen molar-refractivity contribution in [3.05, 3.63) is 28.2 Å². The van der Waals surface area contributed by atoms with E-state index in [4.69, 9.17) is 0 Å². The second kappa shape index (κ2) is 5.80. The molecular weight excluding hydrogens is 348 g/mol. The van der Waals surface area contributed by atoms with Gasteiger partial charge in [0.05, 0.1) is 4.90 Å². The van der Waals surface area contributed by atoms with Gasteiger partial charge in [0.2, 0.25) is 10.0 Å². The molecule has 0 aromatic heterocycles. The molecule has 1 aliphatic heterocycles. The van der Waals surface area contributed by atoms with Crippen LogP contribution in [-0.4, -0.2) is 49.5 Å². The van der Waals surface area contributed by atoms with Gasteiger partial charge in [0, 0.05) is 24.1 Å². The monoisotopic (exact) mass is 362 g/mol. The number of carboxylic acids is 1. The number of carboxylic acid groups (broad SMARTS) is 1. The molecule has 1 unspecified atom stereocenters. The van der Waals surface area contributed by atoms with E-state index in [1.54, 1.807) is 19.1 Å². The summed E-state index contributed by atoms with van der Waals surface area (Å²) in [4.78, 5) is 11.4. The number of nitrogens with zero attached hydrogens (tertiary/aromatic N) is 1. The minimum absolute atomic E-state index is 0.113. The Balaban J connectivity index is 2.47. The number of nitrogens with one attached hydrogen (secondary N) is 1. The molecule has 8 heteroatoms. The average Bonchev–Trinajstić information content (AvgIpc) is 2.41. The van der Waals surface area contributed by atoms with Gasteiger partial charge in [0.15, 0.2) is 0 Å². The summed E-state index contributed by atoms with van der Waals surface area (Å²) in [5.41, 5.74) is 0.593. The lowest BCUT2D eigenvalue weighted by Gasteiger charge is -2.32. The third kappa shape index (κ3) is 2.88. The van der Waals surface area contributed by atoms with E-state index in [1.807, 2.05) is 0 Å². The highest BCUT2D eigenvalue weighted by Crippen LogP contribution is 2.25. The molecule has 1 saturated heterocycles. The molecule has 20 heavy (non-hydrogen) atoms. The normalized spacial score (nSPS) is 20.8. The zero-order valence-corrected chi connectivity index (χ0v) is 13.2. The molecule has 0 saturated carbocycles. The van der Waals surface area contributed by atoms with E-state index in [0.29, 0.717) is 16.6 Å². The summed E-state index contributed by atoms with van der Waals surface area (Å²) < 4.78 is 27.1. The van der Waals surface area contributed by atoms with Crippen molar-refractivity contribution < 1.29 is 18.3 Å². The van der Waals surface area contributed by atoms with E-state index >= 15 is 0 Å². The van der Waals surface area contributed by atoms with Gasteiger partial charge in [-0.3, -0.25) is 4.79 Å². The van der Waals surface area contributed by atoms with Crippen LogP contribution in [-0.2, 0) is 14.8 Å². The van der Waals surface area contributed by atoms with Crippen LogP contribution in [0.2, 0.25) is 0 Å². The van der Waals surface area contributed by atoms with Crippen molar-refractivity contribution in [2.45, 2.75) is 17.9 Å². The second-order valence-corrected chi connectivity index (χ2v) is 7.36. The summed E-state index contributed by atoms with van der Waals surface area (Å²) in [7, 11) is -3.83. The molecule has 1 heterocycles. The van der Waals surface area contributed by atoms with Crippen LogP contribution in [0.5, 0.6) is 0 Å². The zero-order chi connectivity index (χ0) is 14.9. The zero-order valence-electron chi connectivity index (χ0n) is 10.8. The van der Waals surface area contributed by atoms with Crippen LogP contribution in [0.3, 0.4) is 0 Å². The standard InChI is InChI=1S/C12H15BrN2O4S/c1-8-2-3-9(13)6-11(8)20(18,19)15-5-4-14-7-10(15)12(16)17/h2-3,6,10,14H,4-5,7H2,1H3,(H,16,17). The number of benzene rings is 1. The van der Waals surface area contributed by atoms with E-state index in [2.05, 4.69) is 21.2 Å². The number of hydrogen-bond acceptors (Lipinski definition) is 4. The fraction of sp³-hybridized carbons (Fsp3) is 0.417. The number of piperazine rings is 1. The first-order chi connectivity index (χ1) is 9.34. The minimum Gasteiger partial charge on any atom is -0.480 e. The Morgan fingerprint density at radius 3 is 2.85 bits per heavy atom. The first kappa shape index (κ1) is 15.4. The smallest absolute Gasteiger partial charge is 0.323 e. The Morgan fingerprint density at radius 2 is 2.20 bits per heavy atom. The lowest BCUT2D eigenvalue weighted by atomic mass is 10.2. The molecule has 0 bridgehead atoms. The number of carbonyl (C=O) groups is 1. The minimum atomic E-state index is -3.83. The van der Waals surface area contributed by atoms with Crippen molar-refractivity contribution in [2.24, 2.45) is 0 Å². The molecule has 2 rings (SSSR count). The van der Waals surface area contributed by atoms with E-state index in [9.17, 15) is 18.3 Å². The number of rotatable bonds is 3. The molecule has 1 aromatic carbocycles. The Bertz CT molecular complexity index is 632. The van der Waals surface area contributed by atoms with Crippen molar-refractivity contribution in [3.8, 4) is 0 Å². The van der Waals surface area contributed by atoms with Crippen molar-refractivity contribution in [1.29, 1.82) is 0 Å². The summed E-state index contributed by atoms with van der Waals surface area (Å²) in [6, 6.07) is 3.87. The average molecular weight is 363 g/mol. The van der Waals surface area contributed by atoms with Crippen LogP contribution in [0, 0.1) is 6.92 Å². The highest BCUT2D eigenvalue weighted by molar-refractivity contribution is 9.10. The van der Waals surface area contributed by atoms with Gasteiger partial charge in [0.25, 0.3) is 0 Å². The largest absolute Gasteiger partial charge is 0.480 e. The maximum Gasteiger partial charge on any atom is 0.323 e. The molecule has 110 valence electrons. The lowest BCUT2D eigenvalue weighted by molar-refractivity contribution is -0.141. The maximum absolute atomic E-state index is 12.7. The first-order valence-electron chi connectivity index (χ1n) is 6.05. The Morgan fingerprint density at radius 1 is 1.50 bits per heavy atom. The fourth-order valence-corrected chi connectivity index (χ4v) is 4.51. The lowest BCUT2D eigenvalue weighted by Crippen LogP contribution is -2.56. The number of hydrogen-bond donors (Lipinski definition) is 2. The van der Waals surface area contributed by atoms with Gasteiger partial charge in [-0.25, -0.2) is 8.42 Å². The maximum atomic E-state index is 12.7. The Hall–Kier alpha value is -0.960. The molecule has 0 aliphatic carbocycles. The van der Waals surface area contributed by atoms with Crippen molar-refractivity contribution in [1.82, 2.24) is 9.62 Å². The third-order valence-corrected chi connectivity index (χ3v) is 5.76. The van der Waals surface area contributed by atoms with Crippen LogP contribution in [0.4, 0.5) is 0 Å². The molecule has 1 fully saturated rings. The van der Waals surface area contributed by atoms with E-state index in [0.717, 1.165) is 4.31 Å². The van der Waals surface area contributed by atoms with Gasteiger partial charge in [-0.1, -0.05) is 22.0 Å². The number of aliphatic carboxylic acids is 1. The summed E-state index contributed by atoms with van der Waals surface area (Å²) in [6.07, 6.45) is 0. The van der Waals surface area contributed by atoms with Crippen LogP contribution in [0.1, 0.15) is 5.56 Å². The van der Waals surface area contributed by atoms with Gasteiger partial charge < -0.3 is 10.4 Å². The van der Waals surface area contributed by atoms with E-state index in [1.165, 1.54) is 6.07 Å². The predicted molar refractivity (Wildman–Crippen MR) is 77.1 cm³/mol. The third-order valence-electron chi connectivity index (χ3n) is 3.22. The first-order valence-corrected chi connectivity index (χ1v) is 8.29. The van der Waals surface area contributed by atoms with Gasteiger partial charge in [-0.2, -0.15) is 4.31 Å². The number of aryl methyl sites for hydroxylation is 1. The molecule has 1 aliphatic rings. The summed E-state index contributed by atoms with van der Waals surface area (Å²) in [6.45, 7) is 2.39. The number of halogens is 1. The Labute approximate surface area is 126 Å². The van der Waals surface area contributed by atoms with Crippen molar-refractivity contribution in [3.63, 3.8) is 0 Å². The van der Waals surface area contributed by atoms with Crippen molar-refractivity contribution in [2.75, 3.05) is 19.6 Å². The van der Waals surface area contributed by atoms with E-state index < -0.39 is 22.0 Å². The quantitative estimate of drug-likeness (QED) is 0.830. The molecule has 1 atom stereocenters. The van der Waals surface area contributed by atoms with Gasteiger partial charge in [-0.15, -0.1) is 0 Å². The van der Waals surface area contributed by atoms with Gasteiger partial charge in [-0.05, 0) is 24.6 Å². The molecule has 0 spiro atoms. The van der Waals surface area contributed by atoms with Gasteiger partial charge >= 0.3 is 5.97 Å². The number of sulfonamides is 1. The van der Waals surface area contributed by atoms with Crippen LogP contribution in [0.25, 0.3) is 0 Å². The summed E-state index contributed by atoms with van der Waals surface area (Å²) in [5, 5.41) is 12.1. The molecule has 0 amide bonds. The molecule has 1 aromatic rings. The second-order valence-electron chi connectivity index (χ2n) is 4.58. The molecule has 2 N–H and O–H groups in total. The van der Waals surface area contributed by atoms with Crippen LogP contribution < -0.4 is 5.32 Å². The summed E-state index contributed by atoms with van der Waals surface area (Å²) >= 11 is 3.25. The van der Waals surface area contributed by atoms with Crippen LogP contribution in [0.15, 0.2) is 27.6 Å². The SMILES string of the molecule is Cc1ccc(Br)cc1S(=O)(=O)N1CCNCC1C(=O)O. The Kier molecular flexibility index (Phi) is 4.48.